The zero-order valence-electron chi connectivity index (χ0n) is 27.3. The van der Waals surface area contributed by atoms with E-state index >= 15 is 0 Å². The number of hydrogen-bond acceptors (Lipinski definition) is 4. The molecule has 0 spiro atoms. The lowest BCUT2D eigenvalue weighted by Crippen LogP contribution is -2.00. The summed E-state index contributed by atoms with van der Waals surface area (Å²) in [5.74, 6) is 2.00. The van der Waals surface area contributed by atoms with Crippen LogP contribution in [0.5, 0.6) is 0 Å². The molecule has 1 aliphatic carbocycles. The molecule has 0 fully saturated rings. The Balaban J connectivity index is 1.13. The van der Waals surface area contributed by atoms with Crippen molar-refractivity contribution < 1.29 is 0 Å². The zero-order chi connectivity index (χ0) is 33.5. The summed E-state index contributed by atoms with van der Waals surface area (Å²) in [6, 6.07) is 58.3. The smallest absolute Gasteiger partial charge is 0.164 e. The maximum Gasteiger partial charge on any atom is 0.164 e. The standard InChI is InChI=1S/C47H27N3S/c1-3-11-28(12-4-1)30-21-22-32-26-33(24-23-31(32)25-30)46-48-45(29-13-5-2-6-14-29)49-47(50-46)38-19-10-20-40-44(38)43-37-18-9-17-36-34-15-7-8-16-35(34)39(42(36)37)27-41(43)51-40/h1-27H. The van der Waals surface area contributed by atoms with Gasteiger partial charge in [-0.25, -0.2) is 15.0 Å². The fourth-order valence-corrected chi connectivity index (χ4v) is 9.09. The molecule has 2 aromatic heterocycles. The average Bonchev–Trinajstić information content (AvgIpc) is 3.75. The van der Waals surface area contributed by atoms with Crippen LogP contribution in [0.15, 0.2) is 164 Å². The monoisotopic (exact) mass is 665 g/mol. The van der Waals surface area contributed by atoms with Crippen LogP contribution in [-0.2, 0) is 0 Å². The van der Waals surface area contributed by atoms with Gasteiger partial charge in [-0.05, 0) is 79.2 Å². The van der Waals surface area contributed by atoms with Crippen LogP contribution in [0.3, 0.4) is 0 Å². The number of fused-ring (bicyclic) bond motifs is 8. The van der Waals surface area contributed by atoms with Gasteiger partial charge < -0.3 is 0 Å². The normalized spacial score (nSPS) is 11.9. The molecule has 4 heteroatoms. The Morgan fingerprint density at radius 3 is 1.69 bits per heavy atom. The molecule has 0 aliphatic heterocycles. The minimum atomic E-state index is 0.659. The number of aromatic nitrogens is 3. The van der Waals surface area contributed by atoms with E-state index in [1.165, 1.54) is 69.7 Å². The van der Waals surface area contributed by atoms with Gasteiger partial charge in [-0.2, -0.15) is 0 Å². The van der Waals surface area contributed by atoms with Gasteiger partial charge in [0.15, 0.2) is 17.5 Å². The van der Waals surface area contributed by atoms with Gasteiger partial charge in [-0.3, -0.25) is 0 Å². The first-order chi connectivity index (χ1) is 25.3. The Labute approximate surface area is 298 Å². The fraction of sp³-hybridized carbons (Fsp3) is 0. The Morgan fingerprint density at radius 1 is 0.314 bits per heavy atom. The predicted octanol–water partition coefficient (Wildman–Crippen LogP) is 12.9. The molecule has 11 rings (SSSR count). The molecule has 0 bridgehead atoms. The van der Waals surface area contributed by atoms with E-state index in [9.17, 15) is 0 Å². The van der Waals surface area contributed by atoms with E-state index in [0.717, 1.165) is 22.1 Å². The second-order valence-electron chi connectivity index (χ2n) is 13.2. The summed E-state index contributed by atoms with van der Waals surface area (Å²) >= 11 is 1.84. The first-order valence-corrected chi connectivity index (χ1v) is 18.0. The Hall–Kier alpha value is -6.49. The van der Waals surface area contributed by atoms with Gasteiger partial charge in [0.2, 0.25) is 0 Å². The molecule has 1 aliphatic rings. The van der Waals surface area contributed by atoms with Gasteiger partial charge in [-0.1, -0.05) is 140 Å². The van der Waals surface area contributed by atoms with Crippen molar-refractivity contribution >= 4 is 53.1 Å². The molecule has 8 aromatic carbocycles. The highest BCUT2D eigenvalue weighted by Gasteiger charge is 2.25. The van der Waals surface area contributed by atoms with Crippen molar-refractivity contribution in [1.29, 1.82) is 0 Å². The molecule has 51 heavy (non-hydrogen) atoms. The van der Waals surface area contributed by atoms with Crippen LogP contribution in [0.2, 0.25) is 0 Å². The molecule has 0 unspecified atom stereocenters. The molecular weight excluding hydrogens is 639 g/mol. The van der Waals surface area contributed by atoms with Crippen LogP contribution < -0.4 is 0 Å². The van der Waals surface area contributed by atoms with Crippen LogP contribution in [0.25, 0.3) is 109 Å². The summed E-state index contributed by atoms with van der Waals surface area (Å²) in [6.07, 6.45) is 0. The lowest BCUT2D eigenvalue weighted by Gasteiger charge is -2.11. The summed E-state index contributed by atoms with van der Waals surface area (Å²) in [6.45, 7) is 0. The highest BCUT2D eigenvalue weighted by molar-refractivity contribution is 7.26. The van der Waals surface area contributed by atoms with E-state index in [0.29, 0.717) is 17.5 Å². The van der Waals surface area contributed by atoms with E-state index in [4.69, 9.17) is 15.0 Å². The number of nitrogens with zero attached hydrogens (tertiary/aromatic N) is 3. The van der Waals surface area contributed by atoms with Crippen molar-refractivity contribution in [2.45, 2.75) is 0 Å². The molecule has 236 valence electrons. The van der Waals surface area contributed by atoms with Crippen LogP contribution in [0.4, 0.5) is 0 Å². The summed E-state index contributed by atoms with van der Waals surface area (Å²) in [7, 11) is 0. The van der Waals surface area contributed by atoms with Crippen molar-refractivity contribution in [3.8, 4) is 67.5 Å². The quantitative estimate of drug-likeness (QED) is 0.188. The van der Waals surface area contributed by atoms with Crippen molar-refractivity contribution in [2.75, 3.05) is 0 Å². The summed E-state index contributed by atoms with van der Waals surface area (Å²) in [5, 5.41) is 7.39. The molecule has 0 saturated carbocycles. The number of rotatable bonds is 4. The van der Waals surface area contributed by atoms with Gasteiger partial charge in [0.1, 0.15) is 0 Å². The third-order valence-electron chi connectivity index (χ3n) is 10.2. The van der Waals surface area contributed by atoms with E-state index < -0.39 is 0 Å². The third kappa shape index (κ3) is 4.40. The largest absolute Gasteiger partial charge is 0.208 e. The molecule has 0 saturated heterocycles. The van der Waals surface area contributed by atoms with E-state index in [1.807, 2.05) is 29.5 Å². The van der Waals surface area contributed by atoms with E-state index in [1.54, 1.807) is 0 Å². The van der Waals surface area contributed by atoms with Gasteiger partial charge >= 0.3 is 0 Å². The Morgan fingerprint density at radius 2 is 0.902 bits per heavy atom. The first-order valence-electron chi connectivity index (χ1n) is 17.2. The summed E-state index contributed by atoms with van der Waals surface area (Å²) < 4.78 is 2.50. The predicted molar refractivity (Wildman–Crippen MR) is 214 cm³/mol. The summed E-state index contributed by atoms with van der Waals surface area (Å²) in [4.78, 5) is 15.5. The maximum atomic E-state index is 5.25. The molecule has 3 nitrogen and oxygen atoms in total. The van der Waals surface area contributed by atoms with E-state index in [-0.39, 0.29) is 0 Å². The van der Waals surface area contributed by atoms with Gasteiger partial charge in [0, 0.05) is 36.9 Å². The second-order valence-corrected chi connectivity index (χ2v) is 14.3. The van der Waals surface area contributed by atoms with Crippen LogP contribution in [-0.4, -0.2) is 15.0 Å². The third-order valence-corrected chi connectivity index (χ3v) is 11.3. The highest BCUT2D eigenvalue weighted by atomic mass is 32.1. The number of hydrogen-bond donors (Lipinski definition) is 0. The molecule has 0 N–H and O–H groups in total. The Bertz CT molecular complexity index is 3020. The van der Waals surface area contributed by atoms with Crippen molar-refractivity contribution in [1.82, 2.24) is 15.0 Å². The first kappa shape index (κ1) is 28.4. The Kier molecular flexibility index (Phi) is 6.12. The minimum absolute atomic E-state index is 0.659. The van der Waals surface area contributed by atoms with Crippen LogP contribution in [0, 0.1) is 0 Å². The maximum absolute atomic E-state index is 5.25. The number of thiophene rings is 1. The van der Waals surface area contributed by atoms with Gasteiger partial charge in [0.05, 0.1) is 0 Å². The molecule has 0 amide bonds. The van der Waals surface area contributed by atoms with Gasteiger partial charge in [0.25, 0.3) is 0 Å². The lowest BCUT2D eigenvalue weighted by atomic mass is 9.96. The van der Waals surface area contributed by atoms with Crippen molar-refractivity contribution in [2.24, 2.45) is 0 Å². The zero-order valence-corrected chi connectivity index (χ0v) is 28.2. The molecule has 10 aromatic rings. The topological polar surface area (TPSA) is 38.7 Å². The van der Waals surface area contributed by atoms with Crippen LogP contribution >= 0.6 is 11.3 Å². The second kappa shape index (κ2) is 11.0. The SMILES string of the molecule is c1ccc(-c2ccc3cc(-c4nc(-c5ccccc5)nc(-c5cccc6sc7cc8c9c(cccc9c7c56)-c5ccccc5-8)n4)ccc3c2)cc1. The summed E-state index contributed by atoms with van der Waals surface area (Å²) in [5.41, 5.74) is 10.6. The van der Waals surface area contributed by atoms with E-state index in [2.05, 4.69) is 146 Å². The van der Waals surface area contributed by atoms with Crippen molar-refractivity contribution in [3.05, 3.63) is 164 Å². The average molecular weight is 666 g/mol. The molecule has 0 atom stereocenters. The minimum Gasteiger partial charge on any atom is -0.208 e. The van der Waals surface area contributed by atoms with Crippen molar-refractivity contribution in [3.63, 3.8) is 0 Å². The van der Waals surface area contributed by atoms with Crippen LogP contribution in [0.1, 0.15) is 0 Å². The molecule has 0 radical (unpaired) electrons. The van der Waals surface area contributed by atoms with Gasteiger partial charge in [-0.15, -0.1) is 11.3 Å². The lowest BCUT2D eigenvalue weighted by molar-refractivity contribution is 1.08. The molecular formula is C47H27N3S. The highest BCUT2D eigenvalue weighted by Crippen LogP contribution is 2.52. The molecule has 2 heterocycles. The number of benzene rings is 8. The fourth-order valence-electron chi connectivity index (χ4n) is 7.90.